The Morgan fingerprint density at radius 2 is 1.39 bits per heavy atom. The number of Topliss-reactive ketones (excluding diaryl/α,β-unsaturated/α-hetero) is 1. The molecule has 19 heteroatoms. The zero-order valence-electron chi connectivity index (χ0n) is 20.8. The second-order valence-electron chi connectivity index (χ2n) is 8.79. The van der Waals surface area contributed by atoms with E-state index in [-0.39, 0.29) is 6.07 Å². The number of nitrogens with one attached hydrogen (secondary N) is 1. The Bertz CT molecular complexity index is 1560. The number of hydrogen-bond donors (Lipinski definition) is 1. The van der Waals surface area contributed by atoms with Gasteiger partial charge in [-0.15, -0.1) is 0 Å². The van der Waals surface area contributed by atoms with Gasteiger partial charge in [0.05, 0.1) is 22.4 Å². The van der Waals surface area contributed by atoms with Crippen LogP contribution in [0.4, 0.5) is 67.2 Å². The molecular formula is C25H11F14IN2O2. The maximum Gasteiger partial charge on any atom is 0.435 e. The molecule has 0 saturated heterocycles. The highest BCUT2D eigenvalue weighted by Gasteiger charge is 2.73. The molecule has 0 bridgehead atoms. The van der Waals surface area contributed by atoms with Crippen LogP contribution in [-0.4, -0.2) is 29.0 Å². The van der Waals surface area contributed by atoms with Gasteiger partial charge in [-0.25, -0.2) is 8.78 Å². The van der Waals surface area contributed by atoms with Crippen molar-refractivity contribution >= 4 is 40.0 Å². The predicted octanol–water partition coefficient (Wildman–Crippen LogP) is 8.83. The number of amides is 1. The first-order valence-corrected chi connectivity index (χ1v) is 12.4. The fourth-order valence-corrected chi connectivity index (χ4v) is 4.56. The molecule has 0 atom stereocenters. The summed E-state index contributed by atoms with van der Waals surface area (Å²) in [5.74, 6) is -4.27. The zero-order valence-corrected chi connectivity index (χ0v) is 22.9. The molecular weight excluding hydrogens is 753 g/mol. The Labute approximate surface area is 249 Å². The van der Waals surface area contributed by atoms with Crippen LogP contribution in [-0.2, 0) is 24.4 Å². The molecule has 0 aliphatic carbocycles. The highest BCUT2D eigenvalue weighted by atomic mass is 127. The molecule has 0 unspecified atom stereocenters. The molecule has 0 aliphatic rings. The lowest BCUT2D eigenvalue weighted by Gasteiger charge is -2.31. The van der Waals surface area contributed by atoms with Crippen molar-refractivity contribution < 1.29 is 71.1 Å². The fraction of sp³-hybridized carbons (Fsp3) is 0.240. The van der Waals surface area contributed by atoms with E-state index in [4.69, 9.17) is 0 Å². The molecule has 1 heterocycles. The molecule has 0 spiro atoms. The lowest BCUT2D eigenvalue weighted by atomic mass is 9.89. The molecule has 0 radical (unpaired) electrons. The minimum atomic E-state index is -6.74. The average Bonchev–Trinajstić information content (AvgIpc) is 2.87. The number of halogens is 15. The van der Waals surface area contributed by atoms with Gasteiger partial charge in [-0.2, -0.15) is 52.7 Å². The fourth-order valence-electron chi connectivity index (χ4n) is 3.75. The standard InChI is InChI=1S/C25H11F14IN2O2/c26-19-12(2-1-3-16(19)42-20(44)10-4-5-18(41-9-10)23(31,32)33)17(43)8-13-14(22(28,29)30)6-11(7-15(13)40)21(27,24(34,35)36)25(37,38)39/h1-7,9H,8H2,(H,42,44). The summed E-state index contributed by atoms with van der Waals surface area (Å²) in [7, 11) is 0. The van der Waals surface area contributed by atoms with Gasteiger partial charge < -0.3 is 5.32 Å². The van der Waals surface area contributed by atoms with Crippen LogP contribution in [0.1, 0.15) is 43.1 Å². The van der Waals surface area contributed by atoms with E-state index in [1.807, 2.05) is 5.32 Å². The van der Waals surface area contributed by atoms with Gasteiger partial charge >= 0.3 is 30.4 Å². The minimum Gasteiger partial charge on any atom is -0.319 e. The van der Waals surface area contributed by atoms with E-state index in [0.717, 1.165) is 40.8 Å². The second kappa shape index (κ2) is 11.8. The third-order valence-corrected chi connectivity index (χ3v) is 6.84. The third kappa shape index (κ3) is 6.90. The maximum atomic E-state index is 15.1. The van der Waals surface area contributed by atoms with E-state index in [9.17, 15) is 66.7 Å². The number of alkyl halides is 13. The SMILES string of the molecule is O=C(Nc1cccc(C(=O)Cc2c(I)cc(C(F)(C(F)(F)F)C(F)(F)F)cc2C(F)(F)F)c1F)c1ccc(C(F)(F)F)nc1. The topological polar surface area (TPSA) is 59.1 Å². The number of rotatable bonds is 6. The van der Waals surface area contributed by atoms with Gasteiger partial charge in [0.1, 0.15) is 5.69 Å². The number of benzene rings is 2. The molecule has 0 aliphatic heterocycles. The molecule has 0 saturated carbocycles. The summed E-state index contributed by atoms with van der Waals surface area (Å²) in [6.45, 7) is 0. The molecule has 3 rings (SSSR count). The van der Waals surface area contributed by atoms with Crippen LogP contribution < -0.4 is 5.32 Å². The Balaban J connectivity index is 2.00. The van der Waals surface area contributed by atoms with Crippen LogP contribution in [0.2, 0.25) is 0 Å². The molecule has 1 N–H and O–H groups in total. The molecule has 44 heavy (non-hydrogen) atoms. The lowest BCUT2D eigenvalue weighted by molar-refractivity contribution is -0.348. The van der Waals surface area contributed by atoms with Gasteiger partial charge in [0.2, 0.25) is 0 Å². The van der Waals surface area contributed by atoms with Gasteiger partial charge in [-0.3, -0.25) is 14.6 Å². The molecule has 4 nitrogen and oxygen atoms in total. The Morgan fingerprint density at radius 3 is 1.86 bits per heavy atom. The van der Waals surface area contributed by atoms with Gasteiger partial charge in [-0.05, 0) is 64.6 Å². The summed E-state index contributed by atoms with van der Waals surface area (Å²) in [5.41, 5.74) is -15.7. The summed E-state index contributed by atoms with van der Waals surface area (Å²) in [5, 5.41) is 1.92. The first-order valence-electron chi connectivity index (χ1n) is 11.3. The first-order chi connectivity index (χ1) is 19.9. The summed E-state index contributed by atoms with van der Waals surface area (Å²) in [6, 6.07) is 2.72. The highest BCUT2D eigenvalue weighted by molar-refractivity contribution is 14.1. The quantitative estimate of drug-likeness (QED) is 0.155. The molecule has 1 amide bonds. The van der Waals surface area contributed by atoms with Crippen molar-refractivity contribution in [1.82, 2.24) is 4.98 Å². The number of ketones is 1. The smallest absolute Gasteiger partial charge is 0.319 e. The van der Waals surface area contributed by atoms with Crippen LogP contribution in [0.5, 0.6) is 0 Å². The second-order valence-corrected chi connectivity index (χ2v) is 9.95. The summed E-state index contributed by atoms with van der Waals surface area (Å²) >= 11 is 0.865. The van der Waals surface area contributed by atoms with Crippen LogP contribution in [0, 0.1) is 9.39 Å². The number of nitrogens with zero attached hydrogens (tertiary/aromatic N) is 1. The first kappa shape index (κ1) is 35.0. The largest absolute Gasteiger partial charge is 0.435 e. The van der Waals surface area contributed by atoms with E-state index in [2.05, 4.69) is 4.98 Å². The van der Waals surface area contributed by atoms with Crippen LogP contribution in [0.15, 0.2) is 48.7 Å². The summed E-state index contributed by atoms with van der Waals surface area (Å²) < 4.78 is 187. The van der Waals surface area contributed by atoms with Crippen molar-refractivity contribution in [2.75, 3.05) is 5.32 Å². The van der Waals surface area contributed by atoms with E-state index >= 15 is 4.39 Å². The number of carbonyl (C=O) groups excluding carboxylic acids is 2. The minimum absolute atomic E-state index is 0.176. The number of hydrogen-bond acceptors (Lipinski definition) is 3. The number of aromatic nitrogens is 1. The molecule has 238 valence electrons. The number of carbonyl (C=O) groups is 2. The van der Waals surface area contributed by atoms with Crippen molar-refractivity contribution in [2.45, 2.75) is 36.8 Å². The van der Waals surface area contributed by atoms with Crippen molar-refractivity contribution in [3.8, 4) is 0 Å². The number of pyridine rings is 1. The van der Waals surface area contributed by atoms with Crippen molar-refractivity contribution in [2.24, 2.45) is 0 Å². The number of anilines is 1. The average molecular weight is 764 g/mol. The normalized spacial score (nSPS) is 13.2. The van der Waals surface area contributed by atoms with Crippen molar-refractivity contribution in [1.29, 1.82) is 0 Å². The van der Waals surface area contributed by atoms with Gasteiger partial charge in [0.25, 0.3) is 5.91 Å². The van der Waals surface area contributed by atoms with Gasteiger partial charge in [-0.1, -0.05) is 6.07 Å². The van der Waals surface area contributed by atoms with Gasteiger partial charge in [0, 0.05) is 21.8 Å². The lowest BCUT2D eigenvalue weighted by Crippen LogP contribution is -2.50. The highest BCUT2D eigenvalue weighted by Crippen LogP contribution is 2.54. The summed E-state index contributed by atoms with van der Waals surface area (Å²) in [4.78, 5) is 28.2. The van der Waals surface area contributed by atoms with Crippen LogP contribution in [0.3, 0.4) is 0 Å². The Kier molecular flexibility index (Phi) is 9.35. The van der Waals surface area contributed by atoms with Crippen LogP contribution in [0.25, 0.3) is 0 Å². The molecule has 0 fully saturated rings. The molecule has 2 aromatic carbocycles. The van der Waals surface area contributed by atoms with E-state index < -0.39 is 103 Å². The van der Waals surface area contributed by atoms with Crippen LogP contribution >= 0.6 is 22.6 Å². The Morgan fingerprint density at radius 1 is 0.795 bits per heavy atom. The predicted molar refractivity (Wildman–Crippen MR) is 131 cm³/mol. The third-order valence-electron chi connectivity index (χ3n) is 5.88. The molecule has 1 aromatic heterocycles. The zero-order chi connectivity index (χ0) is 33.6. The maximum absolute atomic E-state index is 15.1. The Hall–Kier alpha value is -3.52. The molecule has 3 aromatic rings. The van der Waals surface area contributed by atoms with Gasteiger partial charge in [0.15, 0.2) is 11.6 Å². The van der Waals surface area contributed by atoms with Crippen molar-refractivity contribution in [3.05, 3.63) is 91.6 Å². The monoisotopic (exact) mass is 764 g/mol. The van der Waals surface area contributed by atoms with E-state index in [1.165, 1.54) is 0 Å². The van der Waals surface area contributed by atoms with Crippen molar-refractivity contribution in [3.63, 3.8) is 0 Å². The van der Waals surface area contributed by atoms with E-state index in [1.54, 1.807) is 0 Å². The summed E-state index contributed by atoms with van der Waals surface area (Å²) in [6.07, 6.45) is -25.0. The van der Waals surface area contributed by atoms with E-state index in [0.29, 0.717) is 18.3 Å².